The number of nitrogens with zero attached hydrogens (tertiary/aromatic N) is 1. The minimum Gasteiger partial charge on any atom is -0.462 e. The Morgan fingerprint density at radius 1 is 1.22 bits per heavy atom. The molecular formula is C10H21ClN4O3. The average Bonchev–Trinajstić information content (AvgIpc) is 2.14. The van der Waals surface area contributed by atoms with Crippen molar-refractivity contribution in [2.45, 2.75) is 38.7 Å². The van der Waals surface area contributed by atoms with Crippen LogP contribution in [0.1, 0.15) is 32.6 Å². The predicted molar refractivity (Wildman–Crippen MR) is 71.1 cm³/mol. The highest BCUT2D eigenvalue weighted by atomic mass is 35.5. The van der Waals surface area contributed by atoms with Gasteiger partial charge in [0.05, 0.1) is 6.42 Å². The summed E-state index contributed by atoms with van der Waals surface area (Å²) in [6, 6.07) is 0. The number of carbonyl (C=O) groups is 2. The first-order valence-corrected chi connectivity index (χ1v) is 5.42. The van der Waals surface area contributed by atoms with E-state index in [4.69, 9.17) is 21.9 Å². The topological polar surface area (TPSA) is 134 Å². The van der Waals surface area contributed by atoms with Gasteiger partial charge in [0.25, 0.3) is 0 Å². The number of primary amides is 1. The molecule has 0 fully saturated rings. The number of hydrogen-bond donors (Lipinski definition) is 3. The SMILES string of the molecule is CC(=O)O[C@@H](CCCCN=C(N)N)CC(N)=O.Cl. The molecule has 106 valence electrons. The Hall–Kier alpha value is -1.50. The van der Waals surface area contributed by atoms with Crippen molar-refractivity contribution >= 4 is 30.2 Å². The van der Waals surface area contributed by atoms with Gasteiger partial charge in [-0.3, -0.25) is 14.6 Å². The van der Waals surface area contributed by atoms with Gasteiger partial charge in [-0.25, -0.2) is 0 Å². The van der Waals surface area contributed by atoms with Crippen LogP contribution in [0.15, 0.2) is 4.99 Å². The molecule has 0 unspecified atom stereocenters. The maximum Gasteiger partial charge on any atom is 0.302 e. The van der Waals surface area contributed by atoms with Crippen molar-refractivity contribution in [3.63, 3.8) is 0 Å². The number of esters is 1. The van der Waals surface area contributed by atoms with E-state index in [1.807, 2.05) is 0 Å². The highest BCUT2D eigenvalue weighted by molar-refractivity contribution is 5.85. The van der Waals surface area contributed by atoms with Gasteiger partial charge < -0.3 is 21.9 Å². The Morgan fingerprint density at radius 3 is 2.28 bits per heavy atom. The van der Waals surface area contributed by atoms with Gasteiger partial charge in [-0.15, -0.1) is 12.4 Å². The summed E-state index contributed by atoms with van der Waals surface area (Å²) in [7, 11) is 0. The molecule has 0 aliphatic rings. The van der Waals surface area contributed by atoms with Crippen LogP contribution >= 0.6 is 12.4 Å². The Bertz CT molecular complexity index is 277. The first-order valence-electron chi connectivity index (χ1n) is 5.42. The van der Waals surface area contributed by atoms with E-state index in [1.165, 1.54) is 6.92 Å². The molecule has 0 heterocycles. The molecule has 0 aromatic carbocycles. The highest BCUT2D eigenvalue weighted by Crippen LogP contribution is 2.09. The number of ether oxygens (including phenoxy) is 1. The molecular weight excluding hydrogens is 260 g/mol. The Morgan fingerprint density at radius 2 is 1.83 bits per heavy atom. The van der Waals surface area contributed by atoms with Crippen molar-refractivity contribution in [1.82, 2.24) is 0 Å². The van der Waals surface area contributed by atoms with Crippen LogP contribution in [0.5, 0.6) is 0 Å². The lowest BCUT2D eigenvalue weighted by molar-refractivity contribution is -0.147. The molecule has 0 saturated carbocycles. The van der Waals surface area contributed by atoms with E-state index in [9.17, 15) is 9.59 Å². The van der Waals surface area contributed by atoms with Crippen molar-refractivity contribution in [1.29, 1.82) is 0 Å². The van der Waals surface area contributed by atoms with Crippen LogP contribution in [0.3, 0.4) is 0 Å². The fourth-order valence-corrected chi connectivity index (χ4v) is 1.35. The second kappa shape index (κ2) is 10.6. The number of aliphatic imine (C=N–C) groups is 1. The molecule has 1 amide bonds. The largest absolute Gasteiger partial charge is 0.462 e. The van der Waals surface area contributed by atoms with Gasteiger partial charge in [0, 0.05) is 13.5 Å². The first-order chi connectivity index (χ1) is 7.91. The molecule has 0 radical (unpaired) electrons. The second-order valence-electron chi connectivity index (χ2n) is 3.70. The average molecular weight is 281 g/mol. The molecule has 0 saturated heterocycles. The summed E-state index contributed by atoms with van der Waals surface area (Å²) in [4.78, 5) is 25.3. The summed E-state index contributed by atoms with van der Waals surface area (Å²) in [6.07, 6.45) is 1.67. The lowest BCUT2D eigenvalue weighted by atomic mass is 10.1. The van der Waals surface area contributed by atoms with Crippen LogP contribution in [0, 0.1) is 0 Å². The summed E-state index contributed by atoms with van der Waals surface area (Å²) in [5.41, 5.74) is 15.4. The Labute approximate surface area is 113 Å². The zero-order valence-electron chi connectivity index (χ0n) is 10.4. The fourth-order valence-electron chi connectivity index (χ4n) is 1.35. The van der Waals surface area contributed by atoms with Crippen LogP contribution in [0.4, 0.5) is 0 Å². The molecule has 8 heteroatoms. The maximum absolute atomic E-state index is 10.8. The summed E-state index contributed by atoms with van der Waals surface area (Å²) < 4.78 is 4.96. The monoisotopic (exact) mass is 280 g/mol. The number of rotatable bonds is 8. The van der Waals surface area contributed by atoms with Crippen molar-refractivity contribution in [2.24, 2.45) is 22.2 Å². The molecule has 7 nitrogen and oxygen atoms in total. The van der Waals surface area contributed by atoms with Crippen LogP contribution in [-0.2, 0) is 14.3 Å². The minimum absolute atomic E-state index is 0. The van der Waals surface area contributed by atoms with Gasteiger partial charge in [0.15, 0.2) is 5.96 Å². The van der Waals surface area contributed by atoms with Gasteiger partial charge in [0.1, 0.15) is 6.10 Å². The van der Waals surface area contributed by atoms with Crippen LogP contribution in [-0.4, -0.2) is 30.5 Å². The molecule has 18 heavy (non-hydrogen) atoms. The van der Waals surface area contributed by atoms with E-state index in [1.54, 1.807) is 0 Å². The van der Waals surface area contributed by atoms with E-state index in [-0.39, 0.29) is 24.8 Å². The quantitative estimate of drug-likeness (QED) is 0.242. The van der Waals surface area contributed by atoms with Crippen LogP contribution in [0.25, 0.3) is 0 Å². The molecule has 0 aliphatic heterocycles. The van der Waals surface area contributed by atoms with Crippen LogP contribution in [0.2, 0.25) is 0 Å². The third-order valence-corrected chi connectivity index (χ3v) is 1.99. The van der Waals surface area contributed by atoms with E-state index < -0.39 is 18.0 Å². The lowest BCUT2D eigenvalue weighted by Crippen LogP contribution is -2.24. The molecule has 1 atom stereocenters. The normalized spacial score (nSPS) is 10.9. The second-order valence-corrected chi connectivity index (χ2v) is 3.70. The molecule has 0 bridgehead atoms. The molecule has 0 spiro atoms. The molecule has 6 N–H and O–H groups in total. The van der Waals surface area contributed by atoms with Crippen molar-refractivity contribution in [3.8, 4) is 0 Å². The molecule has 0 rings (SSSR count). The number of unbranched alkanes of at least 4 members (excludes halogenated alkanes) is 1. The van der Waals surface area contributed by atoms with Crippen molar-refractivity contribution < 1.29 is 14.3 Å². The third-order valence-electron chi connectivity index (χ3n) is 1.99. The zero-order chi connectivity index (χ0) is 13.3. The predicted octanol–water partition coefficient (Wildman–Crippen LogP) is -0.341. The summed E-state index contributed by atoms with van der Waals surface area (Å²) in [5, 5.41) is 0. The fraction of sp³-hybridized carbons (Fsp3) is 0.700. The van der Waals surface area contributed by atoms with Crippen LogP contribution < -0.4 is 17.2 Å². The summed E-state index contributed by atoms with van der Waals surface area (Å²) in [5.74, 6) is -0.848. The minimum atomic E-state index is -0.486. The van der Waals surface area contributed by atoms with E-state index in [0.29, 0.717) is 13.0 Å². The lowest BCUT2D eigenvalue weighted by Gasteiger charge is -2.14. The van der Waals surface area contributed by atoms with E-state index >= 15 is 0 Å². The number of hydrogen-bond acceptors (Lipinski definition) is 4. The van der Waals surface area contributed by atoms with E-state index in [2.05, 4.69) is 4.99 Å². The molecule has 0 aromatic rings. The van der Waals surface area contributed by atoms with E-state index in [0.717, 1.165) is 12.8 Å². The van der Waals surface area contributed by atoms with Gasteiger partial charge >= 0.3 is 5.97 Å². The maximum atomic E-state index is 10.8. The first kappa shape index (κ1) is 18.9. The Balaban J connectivity index is 0. The molecule has 0 aromatic heterocycles. The Kier molecular flexibility index (Phi) is 11.1. The zero-order valence-corrected chi connectivity index (χ0v) is 11.2. The van der Waals surface area contributed by atoms with Gasteiger partial charge in [0.2, 0.25) is 5.91 Å². The standard InChI is InChI=1S/C10H20N4O3.ClH/c1-7(15)17-8(6-9(11)16)4-2-3-5-14-10(12)13;/h8H,2-6H2,1H3,(H2,11,16)(H4,12,13,14);1H/t8-;/m0./s1. The number of guanidine groups is 1. The summed E-state index contributed by atoms with van der Waals surface area (Å²) in [6.45, 7) is 1.82. The molecule has 0 aliphatic carbocycles. The number of halogens is 1. The smallest absolute Gasteiger partial charge is 0.302 e. The number of carbonyl (C=O) groups excluding carboxylic acids is 2. The number of nitrogens with two attached hydrogens (primary N) is 3. The van der Waals surface area contributed by atoms with Gasteiger partial charge in [-0.1, -0.05) is 0 Å². The summed E-state index contributed by atoms with van der Waals surface area (Å²) >= 11 is 0. The number of amides is 1. The van der Waals surface area contributed by atoms with Crippen molar-refractivity contribution in [3.05, 3.63) is 0 Å². The highest BCUT2D eigenvalue weighted by Gasteiger charge is 2.14. The van der Waals surface area contributed by atoms with Gasteiger partial charge in [-0.2, -0.15) is 0 Å². The van der Waals surface area contributed by atoms with Crippen molar-refractivity contribution in [2.75, 3.05) is 6.54 Å². The van der Waals surface area contributed by atoms with Gasteiger partial charge in [-0.05, 0) is 19.3 Å². The third kappa shape index (κ3) is 12.6.